The second-order valence-corrected chi connectivity index (χ2v) is 5.67. The molecule has 0 aliphatic rings. The van der Waals surface area contributed by atoms with Crippen LogP contribution in [-0.4, -0.2) is 17.4 Å². The molecule has 5 heteroatoms. The third kappa shape index (κ3) is 2.58. The van der Waals surface area contributed by atoms with Crippen LogP contribution >= 0.6 is 11.3 Å². The van der Waals surface area contributed by atoms with Crippen molar-refractivity contribution in [3.63, 3.8) is 0 Å². The Morgan fingerprint density at radius 1 is 1.35 bits per heavy atom. The lowest BCUT2D eigenvalue weighted by Gasteiger charge is -2.08. The number of hydrogen-bond donors (Lipinski definition) is 1. The van der Waals surface area contributed by atoms with Crippen LogP contribution in [0.2, 0.25) is 0 Å². The van der Waals surface area contributed by atoms with Crippen molar-refractivity contribution in [2.75, 3.05) is 6.54 Å². The van der Waals surface area contributed by atoms with Gasteiger partial charge in [-0.3, -0.25) is 4.79 Å². The summed E-state index contributed by atoms with van der Waals surface area (Å²) in [5.41, 5.74) is 1.01. The van der Waals surface area contributed by atoms with Gasteiger partial charge in [0, 0.05) is 12.5 Å². The van der Waals surface area contributed by atoms with Crippen molar-refractivity contribution in [3.05, 3.63) is 53.4 Å². The van der Waals surface area contributed by atoms with Crippen LogP contribution in [0.25, 0.3) is 10.2 Å². The van der Waals surface area contributed by atoms with Crippen LogP contribution in [0.4, 0.5) is 0 Å². The number of nitrogens with zero attached hydrogens (tertiary/aromatic N) is 1. The van der Waals surface area contributed by atoms with Crippen molar-refractivity contribution < 1.29 is 9.21 Å². The zero-order valence-corrected chi connectivity index (χ0v) is 11.8. The number of hydrogen-bond acceptors (Lipinski definition) is 4. The molecule has 1 atom stereocenters. The average Bonchev–Trinajstić information content (AvgIpc) is 3.12. The fourth-order valence-electron chi connectivity index (χ4n) is 1.93. The van der Waals surface area contributed by atoms with E-state index in [1.54, 1.807) is 23.5 Å². The molecular formula is C15H14N2O2S. The zero-order valence-electron chi connectivity index (χ0n) is 11.0. The number of carbonyl (C=O) groups excluding carboxylic acids is 1. The highest BCUT2D eigenvalue weighted by Crippen LogP contribution is 2.26. The zero-order chi connectivity index (χ0) is 13.9. The van der Waals surface area contributed by atoms with Crippen molar-refractivity contribution in [3.8, 4) is 0 Å². The molecule has 3 rings (SSSR count). The Morgan fingerprint density at radius 3 is 2.95 bits per heavy atom. The molecule has 1 unspecified atom stereocenters. The fourth-order valence-corrected chi connectivity index (χ4v) is 2.95. The van der Waals surface area contributed by atoms with Crippen LogP contribution in [0.5, 0.6) is 0 Å². The van der Waals surface area contributed by atoms with Crippen LogP contribution in [0.15, 0.2) is 47.1 Å². The summed E-state index contributed by atoms with van der Waals surface area (Å²) in [6, 6.07) is 11.4. The lowest BCUT2D eigenvalue weighted by atomic mass is 10.2. The van der Waals surface area contributed by atoms with Crippen LogP contribution in [-0.2, 0) is 0 Å². The molecule has 102 valence electrons. The van der Waals surface area contributed by atoms with Gasteiger partial charge in [-0.05, 0) is 24.3 Å². The fraction of sp³-hybridized carbons (Fsp3) is 0.200. The lowest BCUT2D eigenvalue weighted by Crippen LogP contribution is -2.27. The maximum Gasteiger partial charge on any atom is 0.286 e. The van der Waals surface area contributed by atoms with E-state index in [4.69, 9.17) is 4.42 Å². The lowest BCUT2D eigenvalue weighted by molar-refractivity contribution is 0.0924. The van der Waals surface area contributed by atoms with E-state index in [0.717, 1.165) is 10.5 Å². The van der Waals surface area contributed by atoms with E-state index >= 15 is 0 Å². The molecule has 0 saturated carbocycles. The first-order valence-electron chi connectivity index (χ1n) is 6.41. The van der Waals surface area contributed by atoms with Gasteiger partial charge >= 0.3 is 0 Å². The molecule has 0 aliphatic carbocycles. The highest BCUT2D eigenvalue weighted by molar-refractivity contribution is 7.18. The number of fused-ring (bicyclic) bond motifs is 1. The molecule has 3 aromatic rings. The van der Waals surface area contributed by atoms with E-state index in [2.05, 4.69) is 23.3 Å². The van der Waals surface area contributed by atoms with Gasteiger partial charge in [-0.1, -0.05) is 19.1 Å². The highest BCUT2D eigenvalue weighted by Gasteiger charge is 2.14. The van der Waals surface area contributed by atoms with E-state index in [9.17, 15) is 4.79 Å². The van der Waals surface area contributed by atoms with E-state index in [-0.39, 0.29) is 11.8 Å². The average molecular weight is 286 g/mol. The van der Waals surface area contributed by atoms with Crippen LogP contribution in [0.3, 0.4) is 0 Å². The monoisotopic (exact) mass is 286 g/mol. The summed E-state index contributed by atoms with van der Waals surface area (Å²) < 4.78 is 6.23. The summed E-state index contributed by atoms with van der Waals surface area (Å²) in [7, 11) is 0. The van der Waals surface area contributed by atoms with Gasteiger partial charge in [-0.2, -0.15) is 0 Å². The van der Waals surface area contributed by atoms with Gasteiger partial charge in [-0.25, -0.2) is 4.98 Å². The standard InChI is InChI=1S/C15H14N2O2S/c1-10(9-16-14(18)12-6-4-8-19-12)15-17-11-5-2-3-7-13(11)20-15/h2-8,10H,9H2,1H3,(H,16,18). The number of nitrogens with one attached hydrogen (secondary N) is 1. The Morgan fingerprint density at radius 2 is 2.20 bits per heavy atom. The molecule has 0 bridgehead atoms. The minimum atomic E-state index is -0.192. The highest BCUT2D eigenvalue weighted by atomic mass is 32.1. The molecule has 20 heavy (non-hydrogen) atoms. The third-order valence-electron chi connectivity index (χ3n) is 3.05. The molecule has 1 N–H and O–H groups in total. The van der Waals surface area contributed by atoms with Crippen molar-refractivity contribution in [1.29, 1.82) is 0 Å². The number of benzene rings is 1. The van der Waals surface area contributed by atoms with E-state index in [0.29, 0.717) is 12.3 Å². The van der Waals surface area contributed by atoms with Crippen LogP contribution in [0.1, 0.15) is 28.4 Å². The number of aromatic nitrogens is 1. The van der Waals surface area contributed by atoms with Gasteiger partial charge in [0.05, 0.1) is 21.5 Å². The second kappa shape index (κ2) is 5.46. The van der Waals surface area contributed by atoms with Gasteiger partial charge < -0.3 is 9.73 Å². The summed E-state index contributed by atoms with van der Waals surface area (Å²) in [4.78, 5) is 16.4. The molecule has 0 radical (unpaired) electrons. The maximum atomic E-state index is 11.8. The number of amides is 1. The van der Waals surface area contributed by atoms with Gasteiger partial charge in [0.2, 0.25) is 0 Å². The first-order valence-corrected chi connectivity index (χ1v) is 7.23. The normalized spacial score (nSPS) is 12.4. The van der Waals surface area contributed by atoms with Crippen LogP contribution < -0.4 is 5.32 Å². The molecular weight excluding hydrogens is 272 g/mol. The van der Waals surface area contributed by atoms with Gasteiger partial charge in [0.15, 0.2) is 5.76 Å². The Kier molecular flexibility index (Phi) is 3.52. The Bertz CT molecular complexity index is 685. The largest absolute Gasteiger partial charge is 0.459 e. The van der Waals surface area contributed by atoms with Gasteiger partial charge in [0.25, 0.3) is 5.91 Å². The van der Waals surface area contributed by atoms with Crippen molar-refractivity contribution in [2.45, 2.75) is 12.8 Å². The molecule has 1 amide bonds. The molecule has 4 nitrogen and oxygen atoms in total. The minimum Gasteiger partial charge on any atom is -0.459 e. The topological polar surface area (TPSA) is 55.1 Å². The first-order chi connectivity index (χ1) is 9.74. The SMILES string of the molecule is CC(CNC(=O)c1ccco1)c1nc2ccccc2s1. The summed E-state index contributed by atoms with van der Waals surface area (Å²) in [6.45, 7) is 2.60. The predicted molar refractivity (Wildman–Crippen MR) is 79.1 cm³/mol. The van der Waals surface area contributed by atoms with Crippen molar-refractivity contribution in [1.82, 2.24) is 10.3 Å². The van der Waals surface area contributed by atoms with Gasteiger partial charge in [-0.15, -0.1) is 11.3 Å². The Balaban J connectivity index is 1.67. The molecule has 0 saturated heterocycles. The minimum absolute atomic E-state index is 0.173. The molecule has 2 aromatic heterocycles. The smallest absolute Gasteiger partial charge is 0.286 e. The van der Waals surface area contributed by atoms with Crippen LogP contribution in [0, 0.1) is 0 Å². The van der Waals surface area contributed by atoms with Crippen molar-refractivity contribution >= 4 is 27.5 Å². The number of carbonyl (C=O) groups is 1. The van der Waals surface area contributed by atoms with E-state index in [1.165, 1.54) is 11.0 Å². The molecule has 0 aliphatic heterocycles. The Labute approximate surface area is 120 Å². The quantitative estimate of drug-likeness (QED) is 0.799. The van der Waals surface area contributed by atoms with E-state index < -0.39 is 0 Å². The third-order valence-corrected chi connectivity index (χ3v) is 4.31. The summed E-state index contributed by atoms with van der Waals surface area (Å²) in [5, 5.41) is 3.89. The number of para-hydroxylation sites is 1. The molecule has 0 spiro atoms. The number of furan rings is 1. The first kappa shape index (κ1) is 12.9. The molecule has 0 fully saturated rings. The number of thiazole rings is 1. The van der Waals surface area contributed by atoms with Gasteiger partial charge in [0.1, 0.15) is 0 Å². The maximum absolute atomic E-state index is 11.8. The Hall–Kier alpha value is -2.14. The second-order valence-electron chi connectivity index (χ2n) is 4.61. The van der Waals surface area contributed by atoms with Crippen molar-refractivity contribution in [2.24, 2.45) is 0 Å². The number of rotatable bonds is 4. The van der Waals surface area contributed by atoms with E-state index in [1.807, 2.05) is 18.2 Å². The molecule has 2 heterocycles. The summed E-state index contributed by atoms with van der Waals surface area (Å²) in [6.07, 6.45) is 1.49. The predicted octanol–water partition coefficient (Wildman–Crippen LogP) is 3.42. The summed E-state index contributed by atoms with van der Waals surface area (Å²) >= 11 is 1.67. The summed E-state index contributed by atoms with van der Waals surface area (Å²) in [5.74, 6) is 0.316. The molecule has 1 aromatic carbocycles.